The van der Waals surface area contributed by atoms with Crippen LogP contribution in [-0.4, -0.2) is 29.1 Å². The third-order valence-corrected chi connectivity index (χ3v) is 4.79. The van der Waals surface area contributed by atoms with E-state index in [0.717, 1.165) is 31.5 Å². The Morgan fingerprint density at radius 3 is 2.83 bits per heavy atom. The Balaban J connectivity index is 1.99. The summed E-state index contributed by atoms with van der Waals surface area (Å²) in [6, 6.07) is 6.81. The lowest BCUT2D eigenvalue weighted by Crippen LogP contribution is -2.45. The van der Waals surface area contributed by atoms with Crippen molar-refractivity contribution in [2.24, 2.45) is 0 Å². The Labute approximate surface area is 110 Å². The first-order chi connectivity index (χ1) is 8.61. The molecule has 0 radical (unpaired) electrons. The Kier molecular flexibility index (Phi) is 2.95. The maximum Gasteiger partial charge on any atom is 0.107 e. The second-order valence-corrected chi connectivity index (χ2v) is 6.04. The van der Waals surface area contributed by atoms with E-state index in [9.17, 15) is 5.11 Å². The van der Waals surface area contributed by atoms with Crippen LogP contribution in [0, 0.1) is 13.8 Å². The van der Waals surface area contributed by atoms with E-state index in [2.05, 4.69) is 36.9 Å². The summed E-state index contributed by atoms with van der Waals surface area (Å²) in [5.74, 6) is 0. The number of hydrogen-bond acceptors (Lipinski definition) is 2. The van der Waals surface area contributed by atoms with Crippen LogP contribution in [0.5, 0.6) is 0 Å². The molecular weight excluding hydrogens is 222 g/mol. The maximum absolute atomic E-state index is 11.2. The minimum Gasteiger partial charge on any atom is -0.383 e. The summed E-state index contributed by atoms with van der Waals surface area (Å²) < 4.78 is 0. The summed E-state index contributed by atoms with van der Waals surface area (Å²) in [5, 5.41) is 11.2. The molecule has 2 nitrogen and oxygen atoms in total. The van der Waals surface area contributed by atoms with Crippen molar-refractivity contribution in [3.8, 4) is 0 Å². The highest BCUT2D eigenvalue weighted by atomic mass is 16.3. The van der Waals surface area contributed by atoms with E-state index in [1.807, 2.05) is 0 Å². The van der Waals surface area contributed by atoms with Crippen molar-refractivity contribution in [1.82, 2.24) is 4.90 Å². The van der Waals surface area contributed by atoms with Crippen molar-refractivity contribution in [3.63, 3.8) is 0 Å². The van der Waals surface area contributed by atoms with Crippen LogP contribution in [0.4, 0.5) is 0 Å². The second-order valence-electron chi connectivity index (χ2n) is 6.04. The number of rotatable bonds is 1. The first-order valence-corrected chi connectivity index (χ1v) is 7.15. The molecule has 0 aromatic heterocycles. The molecule has 0 amide bonds. The number of benzene rings is 1. The van der Waals surface area contributed by atoms with Gasteiger partial charge in [0.05, 0.1) is 0 Å². The number of aryl methyl sites for hydroxylation is 2. The topological polar surface area (TPSA) is 23.5 Å². The molecule has 1 aromatic carbocycles. The fourth-order valence-electron chi connectivity index (χ4n) is 3.89. The molecule has 1 aromatic rings. The number of piperidine rings is 1. The Morgan fingerprint density at radius 1 is 1.22 bits per heavy atom. The van der Waals surface area contributed by atoms with Crippen molar-refractivity contribution >= 4 is 0 Å². The van der Waals surface area contributed by atoms with Crippen LogP contribution < -0.4 is 0 Å². The lowest BCUT2D eigenvalue weighted by Gasteiger charge is -2.38. The molecule has 2 aliphatic heterocycles. The number of nitrogens with zero attached hydrogens (tertiary/aromatic N) is 1. The van der Waals surface area contributed by atoms with Gasteiger partial charge in [0.2, 0.25) is 0 Å². The zero-order chi connectivity index (χ0) is 12.8. The average molecular weight is 245 g/mol. The monoisotopic (exact) mass is 245 g/mol. The Bertz CT molecular complexity index is 456. The molecule has 2 saturated heterocycles. The van der Waals surface area contributed by atoms with Gasteiger partial charge in [0.1, 0.15) is 5.60 Å². The molecule has 0 aliphatic carbocycles. The summed E-state index contributed by atoms with van der Waals surface area (Å²) in [4.78, 5) is 2.49. The smallest absolute Gasteiger partial charge is 0.107 e. The minimum absolute atomic E-state index is 0.340. The van der Waals surface area contributed by atoms with E-state index in [-0.39, 0.29) is 0 Å². The molecule has 0 bridgehead atoms. The molecule has 3 rings (SSSR count). The minimum atomic E-state index is -0.613. The zero-order valence-electron chi connectivity index (χ0n) is 11.4. The van der Waals surface area contributed by atoms with Crippen LogP contribution in [0.15, 0.2) is 18.2 Å². The summed E-state index contributed by atoms with van der Waals surface area (Å²) in [5.41, 5.74) is 3.06. The summed E-state index contributed by atoms with van der Waals surface area (Å²) in [6.07, 6.45) is 4.58. The van der Waals surface area contributed by atoms with Gasteiger partial charge in [0.15, 0.2) is 0 Å². The average Bonchev–Trinajstić information content (AvgIpc) is 2.69. The first kappa shape index (κ1) is 12.2. The number of hydrogen-bond donors (Lipinski definition) is 1. The highest BCUT2D eigenvalue weighted by Crippen LogP contribution is 2.43. The summed E-state index contributed by atoms with van der Waals surface area (Å²) >= 11 is 0. The van der Waals surface area contributed by atoms with Crippen molar-refractivity contribution < 1.29 is 5.11 Å². The highest BCUT2D eigenvalue weighted by Gasteiger charge is 2.48. The van der Waals surface area contributed by atoms with Crippen LogP contribution in [0.3, 0.4) is 0 Å². The van der Waals surface area contributed by atoms with Gasteiger partial charge >= 0.3 is 0 Å². The molecule has 2 heteroatoms. The van der Waals surface area contributed by atoms with Gasteiger partial charge in [-0.25, -0.2) is 0 Å². The fraction of sp³-hybridized carbons (Fsp3) is 0.625. The lowest BCUT2D eigenvalue weighted by atomic mass is 9.80. The second kappa shape index (κ2) is 4.36. The van der Waals surface area contributed by atoms with Gasteiger partial charge < -0.3 is 5.11 Å². The van der Waals surface area contributed by atoms with Gasteiger partial charge in [0, 0.05) is 12.6 Å². The van der Waals surface area contributed by atoms with Gasteiger partial charge in [-0.3, -0.25) is 4.90 Å². The largest absolute Gasteiger partial charge is 0.383 e. The molecule has 2 heterocycles. The van der Waals surface area contributed by atoms with Crippen LogP contribution in [0.1, 0.15) is 42.4 Å². The summed E-state index contributed by atoms with van der Waals surface area (Å²) in [6.45, 7) is 6.46. The van der Waals surface area contributed by atoms with E-state index in [4.69, 9.17) is 0 Å². The Morgan fingerprint density at radius 2 is 2.06 bits per heavy atom. The zero-order valence-corrected chi connectivity index (χ0v) is 11.4. The molecule has 0 saturated carbocycles. The third-order valence-electron chi connectivity index (χ3n) is 4.79. The van der Waals surface area contributed by atoms with Crippen molar-refractivity contribution in [3.05, 3.63) is 34.9 Å². The van der Waals surface area contributed by atoms with Crippen molar-refractivity contribution in [2.75, 3.05) is 13.1 Å². The van der Waals surface area contributed by atoms with Gasteiger partial charge in [-0.15, -0.1) is 0 Å². The standard InChI is InChI=1S/C16H23NO/c1-12-6-7-14(13(2)11-12)16(18)8-10-17-9-4-3-5-15(16)17/h6-7,11,15,18H,3-5,8-10H2,1-2H3. The van der Waals surface area contributed by atoms with Crippen molar-refractivity contribution in [2.45, 2.75) is 51.2 Å². The molecular formula is C16H23NO. The van der Waals surface area contributed by atoms with Gasteiger partial charge in [-0.2, -0.15) is 0 Å². The van der Waals surface area contributed by atoms with Crippen LogP contribution in [-0.2, 0) is 5.60 Å². The lowest BCUT2D eigenvalue weighted by molar-refractivity contribution is -0.0142. The van der Waals surface area contributed by atoms with E-state index in [1.165, 1.54) is 24.0 Å². The SMILES string of the molecule is Cc1ccc(C2(O)CCN3CCCCC32)c(C)c1. The Hall–Kier alpha value is -0.860. The molecule has 2 unspecified atom stereocenters. The van der Waals surface area contributed by atoms with Gasteiger partial charge in [-0.05, 0) is 50.8 Å². The summed E-state index contributed by atoms with van der Waals surface area (Å²) in [7, 11) is 0. The molecule has 0 spiro atoms. The van der Waals surface area contributed by atoms with E-state index in [0.29, 0.717) is 6.04 Å². The van der Waals surface area contributed by atoms with Crippen molar-refractivity contribution in [1.29, 1.82) is 0 Å². The number of fused-ring (bicyclic) bond motifs is 1. The predicted octanol–water partition coefficient (Wildman–Crippen LogP) is 2.75. The van der Waals surface area contributed by atoms with E-state index < -0.39 is 5.60 Å². The van der Waals surface area contributed by atoms with Crippen LogP contribution in [0.25, 0.3) is 0 Å². The van der Waals surface area contributed by atoms with Crippen LogP contribution in [0.2, 0.25) is 0 Å². The normalized spacial score (nSPS) is 32.5. The number of aliphatic hydroxyl groups is 1. The molecule has 2 aliphatic rings. The van der Waals surface area contributed by atoms with E-state index >= 15 is 0 Å². The first-order valence-electron chi connectivity index (χ1n) is 7.15. The van der Waals surface area contributed by atoms with E-state index in [1.54, 1.807) is 0 Å². The molecule has 18 heavy (non-hydrogen) atoms. The third kappa shape index (κ3) is 1.79. The van der Waals surface area contributed by atoms with Crippen LogP contribution >= 0.6 is 0 Å². The molecule has 1 N–H and O–H groups in total. The predicted molar refractivity (Wildman–Crippen MR) is 73.6 cm³/mol. The van der Waals surface area contributed by atoms with Gasteiger partial charge in [-0.1, -0.05) is 30.2 Å². The fourth-order valence-corrected chi connectivity index (χ4v) is 3.89. The van der Waals surface area contributed by atoms with Gasteiger partial charge in [0.25, 0.3) is 0 Å². The molecule has 2 atom stereocenters. The molecule has 98 valence electrons. The maximum atomic E-state index is 11.2. The molecule has 2 fully saturated rings. The highest BCUT2D eigenvalue weighted by molar-refractivity contribution is 5.37. The quantitative estimate of drug-likeness (QED) is 0.822.